The van der Waals surface area contributed by atoms with E-state index < -0.39 is 11.7 Å². The Balaban J connectivity index is 0.000000412. The zero-order chi connectivity index (χ0) is 26.3. The van der Waals surface area contributed by atoms with Crippen LogP contribution >= 0.6 is 22.9 Å². The summed E-state index contributed by atoms with van der Waals surface area (Å²) >= 11 is 6.33. The third-order valence-electron chi connectivity index (χ3n) is 6.74. The monoisotopic (exact) mass is 554 g/mol. The van der Waals surface area contributed by atoms with E-state index in [1.807, 2.05) is 4.57 Å². The summed E-state index contributed by atoms with van der Waals surface area (Å²) in [7, 11) is 0. The predicted molar refractivity (Wildman–Crippen MR) is 136 cm³/mol. The van der Waals surface area contributed by atoms with Crippen LogP contribution in [0.1, 0.15) is 54.1 Å². The van der Waals surface area contributed by atoms with Crippen molar-refractivity contribution in [1.29, 1.82) is 0 Å². The molecule has 2 saturated carbocycles. The van der Waals surface area contributed by atoms with Crippen LogP contribution < -0.4 is 10.5 Å². The maximum Gasteiger partial charge on any atom is 0.416 e. The number of hydrogen-bond donors (Lipinski definition) is 0. The number of carbonyl (C=O) groups is 1. The molecule has 0 atom stereocenters. The second-order valence-electron chi connectivity index (χ2n) is 9.55. The minimum absolute atomic E-state index is 0.150. The molecule has 6 rings (SSSR count). The van der Waals surface area contributed by atoms with Gasteiger partial charge in [0, 0.05) is 24.9 Å². The van der Waals surface area contributed by atoms with Crippen molar-refractivity contribution < 1.29 is 22.7 Å². The first-order valence-electron chi connectivity index (χ1n) is 12.2. The van der Waals surface area contributed by atoms with E-state index in [1.54, 1.807) is 6.07 Å². The number of rotatable bonds is 5. The van der Waals surface area contributed by atoms with Crippen LogP contribution in [0.3, 0.4) is 0 Å². The Bertz CT molecular complexity index is 1380. The molecule has 7 nitrogen and oxygen atoms in total. The highest BCUT2D eigenvalue weighted by Gasteiger charge is 2.34. The molecule has 0 unspecified atom stereocenters. The SMILES string of the molecule is Cc1c(Cn2c(C3CC3)nc(=O)c3sc(N4CCOCC4)nc32)cccc1C(F)(F)F.O=C(Cl)C1CC1. The van der Waals surface area contributed by atoms with E-state index in [4.69, 9.17) is 21.3 Å². The van der Waals surface area contributed by atoms with Crippen molar-refractivity contribution in [3.05, 3.63) is 51.1 Å². The molecule has 1 aromatic carbocycles. The summed E-state index contributed by atoms with van der Waals surface area (Å²) in [5, 5.41) is 0.565. The second kappa shape index (κ2) is 10.3. The van der Waals surface area contributed by atoms with Crippen molar-refractivity contribution in [3.63, 3.8) is 0 Å². The molecule has 3 aliphatic rings. The summed E-state index contributed by atoms with van der Waals surface area (Å²) in [5.74, 6) is 0.997. The number of ether oxygens (including phenoxy) is 1. The van der Waals surface area contributed by atoms with Crippen molar-refractivity contribution in [2.75, 3.05) is 31.2 Å². The fourth-order valence-corrected chi connectivity index (χ4v) is 5.51. The maximum absolute atomic E-state index is 13.4. The van der Waals surface area contributed by atoms with Crippen LogP contribution in [0.5, 0.6) is 0 Å². The van der Waals surface area contributed by atoms with Gasteiger partial charge in [-0.05, 0) is 61.4 Å². The molecule has 3 fully saturated rings. The van der Waals surface area contributed by atoms with Gasteiger partial charge >= 0.3 is 6.18 Å². The average Bonchev–Trinajstić information content (AvgIpc) is 3.79. The molecule has 0 amide bonds. The number of carbonyl (C=O) groups excluding carboxylic acids is 1. The first-order valence-corrected chi connectivity index (χ1v) is 13.4. The predicted octanol–water partition coefficient (Wildman–Crippen LogP) is 5.10. The van der Waals surface area contributed by atoms with Crippen molar-refractivity contribution >= 4 is 43.7 Å². The fourth-order valence-electron chi connectivity index (χ4n) is 4.29. The lowest BCUT2D eigenvalue weighted by Crippen LogP contribution is -2.36. The van der Waals surface area contributed by atoms with Gasteiger partial charge < -0.3 is 14.2 Å². The number of nitrogens with zero attached hydrogens (tertiary/aromatic N) is 4. The first-order chi connectivity index (χ1) is 17.6. The van der Waals surface area contributed by atoms with Gasteiger partial charge in [-0.25, -0.2) is 4.98 Å². The van der Waals surface area contributed by atoms with Gasteiger partial charge in [-0.2, -0.15) is 18.2 Å². The van der Waals surface area contributed by atoms with Gasteiger partial charge in [0.2, 0.25) is 5.24 Å². The van der Waals surface area contributed by atoms with E-state index in [9.17, 15) is 22.8 Å². The third kappa shape index (κ3) is 5.83. The number of alkyl halides is 3. The average molecular weight is 555 g/mol. The molecule has 2 aromatic heterocycles. The Kier molecular flexibility index (Phi) is 7.30. The van der Waals surface area contributed by atoms with E-state index in [0.717, 1.165) is 36.9 Å². The van der Waals surface area contributed by atoms with Crippen LogP contribution in [0.2, 0.25) is 0 Å². The number of halogens is 4. The summed E-state index contributed by atoms with van der Waals surface area (Å²) < 4.78 is 47.9. The van der Waals surface area contributed by atoms with Gasteiger partial charge in [-0.3, -0.25) is 9.59 Å². The van der Waals surface area contributed by atoms with E-state index in [-0.39, 0.29) is 34.7 Å². The smallest absolute Gasteiger partial charge is 0.378 e. The molecule has 0 spiro atoms. The summed E-state index contributed by atoms with van der Waals surface area (Å²) in [5.41, 5.74) is 0.281. The molecule has 2 aliphatic carbocycles. The number of morpholine rings is 1. The normalized spacial score (nSPS) is 18.0. The maximum atomic E-state index is 13.4. The zero-order valence-corrected chi connectivity index (χ0v) is 21.8. The number of benzene rings is 1. The van der Waals surface area contributed by atoms with Crippen LogP contribution in [-0.2, 0) is 22.3 Å². The molecule has 3 aromatic rings. The summed E-state index contributed by atoms with van der Waals surface area (Å²) in [6.07, 6.45) is -0.550. The van der Waals surface area contributed by atoms with Crippen LogP contribution in [0.25, 0.3) is 10.3 Å². The number of hydrogen-bond acceptors (Lipinski definition) is 7. The molecular formula is C25H26ClF3N4O3S. The highest BCUT2D eigenvalue weighted by atomic mass is 35.5. The summed E-state index contributed by atoms with van der Waals surface area (Å²) in [4.78, 5) is 33.9. The summed E-state index contributed by atoms with van der Waals surface area (Å²) in [6.45, 7) is 4.23. The van der Waals surface area contributed by atoms with Crippen LogP contribution in [0, 0.1) is 12.8 Å². The topological polar surface area (TPSA) is 77.3 Å². The van der Waals surface area contributed by atoms with Crippen molar-refractivity contribution in [3.8, 4) is 0 Å². The van der Waals surface area contributed by atoms with Crippen LogP contribution in [0.4, 0.5) is 18.3 Å². The van der Waals surface area contributed by atoms with Crippen molar-refractivity contribution in [2.24, 2.45) is 5.92 Å². The molecular weight excluding hydrogens is 529 g/mol. The number of anilines is 1. The van der Waals surface area contributed by atoms with E-state index in [0.29, 0.717) is 48.0 Å². The lowest BCUT2D eigenvalue weighted by Gasteiger charge is -2.25. The van der Waals surface area contributed by atoms with E-state index in [2.05, 4.69) is 9.88 Å². The zero-order valence-electron chi connectivity index (χ0n) is 20.2. The molecule has 0 bridgehead atoms. The number of aromatic nitrogens is 3. The molecule has 198 valence electrons. The van der Waals surface area contributed by atoms with Gasteiger partial charge in [-0.15, -0.1) is 0 Å². The van der Waals surface area contributed by atoms with Crippen molar-refractivity contribution in [1.82, 2.24) is 14.5 Å². The molecule has 37 heavy (non-hydrogen) atoms. The highest BCUT2D eigenvalue weighted by Crippen LogP contribution is 2.41. The van der Waals surface area contributed by atoms with Gasteiger partial charge in [0.05, 0.1) is 25.3 Å². The Labute approximate surface area is 220 Å². The Morgan fingerprint density at radius 3 is 2.43 bits per heavy atom. The largest absolute Gasteiger partial charge is 0.416 e. The second-order valence-corrected chi connectivity index (χ2v) is 10.9. The highest BCUT2D eigenvalue weighted by molar-refractivity contribution is 7.22. The quantitative estimate of drug-likeness (QED) is 0.408. The van der Waals surface area contributed by atoms with E-state index in [1.165, 1.54) is 24.3 Å². The number of thiazole rings is 1. The lowest BCUT2D eigenvalue weighted by molar-refractivity contribution is -0.138. The molecule has 12 heteroatoms. The van der Waals surface area contributed by atoms with Gasteiger partial charge in [0.25, 0.3) is 5.56 Å². The Morgan fingerprint density at radius 2 is 1.86 bits per heavy atom. The van der Waals surface area contributed by atoms with Crippen molar-refractivity contribution in [2.45, 2.75) is 51.2 Å². The lowest BCUT2D eigenvalue weighted by atomic mass is 10.0. The first kappa shape index (κ1) is 26.1. The fraction of sp³-hybridized carbons (Fsp3) is 0.520. The molecule has 0 radical (unpaired) electrons. The van der Waals surface area contributed by atoms with E-state index >= 15 is 0 Å². The summed E-state index contributed by atoms with van der Waals surface area (Å²) in [6, 6.07) is 4.22. The molecule has 1 saturated heterocycles. The van der Waals surface area contributed by atoms with Crippen LogP contribution in [0.15, 0.2) is 23.0 Å². The van der Waals surface area contributed by atoms with Gasteiger partial charge in [0.1, 0.15) is 10.5 Å². The molecule has 3 heterocycles. The Hall–Kier alpha value is -2.50. The Morgan fingerprint density at radius 1 is 1.16 bits per heavy atom. The molecule has 0 N–H and O–H groups in total. The minimum atomic E-state index is -4.42. The standard InChI is InChI=1S/C21H21F3N4O2S.C4H5ClO/c1-12-14(3-2-4-15(12)21(22,23)24)11-28-17(13-5-6-13)25-19(29)16-18(28)26-20(31-16)27-7-9-30-10-8-27;5-4(6)3-1-2-3/h2-4,13H,5-11H2,1H3;3H,1-2H2. The third-order valence-corrected chi connectivity index (χ3v) is 8.14. The minimum Gasteiger partial charge on any atom is -0.378 e. The number of fused-ring (bicyclic) bond motifs is 1. The van der Waals surface area contributed by atoms with Crippen LogP contribution in [-0.4, -0.2) is 46.1 Å². The van der Waals surface area contributed by atoms with Gasteiger partial charge in [0.15, 0.2) is 10.8 Å². The van der Waals surface area contributed by atoms with Gasteiger partial charge in [-0.1, -0.05) is 23.5 Å². The molecule has 1 aliphatic heterocycles.